The van der Waals surface area contributed by atoms with Crippen LogP contribution in [0.1, 0.15) is 10.4 Å². The molecule has 3 N–H and O–H groups in total. The minimum absolute atomic E-state index is 0.0386. The van der Waals surface area contributed by atoms with Gasteiger partial charge in [0.1, 0.15) is 0 Å². The molecule has 0 saturated carbocycles. The van der Waals surface area contributed by atoms with Crippen molar-refractivity contribution < 1.29 is 13.2 Å². The molecule has 7 heteroatoms. The van der Waals surface area contributed by atoms with Crippen molar-refractivity contribution in [2.75, 3.05) is 17.3 Å². The average molecular weight is 381 g/mol. The Morgan fingerprint density at radius 1 is 0.889 bits per heavy atom. The predicted octanol–water partition coefficient (Wildman–Crippen LogP) is 3.35. The van der Waals surface area contributed by atoms with Crippen molar-refractivity contribution >= 4 is 33.0 Å². The van der Waals surface area contributed by atoms with E-state index in [-0.39, 0.29) is 10.8 Å². The molecule has 0 saturated heterocycles. The number of nitrogens with zero attached hydrogens (tertiary/aromatic N) is 1. The summed E-state index contributed by atoms with van der Waals surface area (Å²) in [5.74, 6) is -0.343. The van der Waals surface area contributed by atoms with E-state index in [0.29, 0.717) is 11.3 Å². The number of carbonyl (C=O) groups excluding carboxylic acids is 1. The maximum absolute atomic E-state index is 12.6. The Labute approximate surface area is 158 Å². The molecule has 3 aromatic carbocycles. The van der Waals surface area contributed by atoms with E-state index in [1.54, 1.807) is 0 Å². The second-order valence-corrected chi connectivity index (χ2v) is 7.50. The first-order valence-corrected chi connectivity index (χ1v) is 9.73. The molecule has 0 aliphatic carbocycles. The molecule has 0 unspecified atom stereocenters. The van der Waals surface area contributed by atoms with Crippen molar-refractivity contribution in [1.29, 1.82) is 0 Å². The van der Waals surface area contributed by atoms with E-state index in [9.17, 15) is 13.2 Å². The van der Waals surface area contributed by atoms with Crippen LogP contribution < -0.4 is 15.4 Å². The van der Waals surface area contributed by atoms with Crippen molar-refractivity contribution in [2.24, 2.45) is 5.14 Å². The van der Waals surface area contributed by atoms with E-state index in [0.717, 1.165) is 11.4 Å². The molecule has 0 aliphatic rings. The molecule has 138 valence electrons. The molecule has 0 atom stereocenters. The Balaban J connectivity index is 1.85. The third kappa shape index (κ3) is 4.33. The molecule has 0 radical (unpaired) electrons. The fourth-order valence-corrected chi connectivity index (χ4v) is 3.17. The standard InChI is InChI=1S/C20H19N3O3S/c1-23(16-7-3-2-4-8-16)19-10-6-5-9-18(19)22-20(24)15-11-13-17(14-12-15)27(21,25)26/h2-14H,1H3,(H,22,24)(H2,21,25,26). The number of rotatable bonds is 5. The van der Waals surface area contributed by atoms with Crippen LogP contribution in [0, 0.1) is 0 Å². The van der Waals surface area contributed by atoms with Crippen LogP contribution in [0.3, 0.4) is 0 Å². The number of nitrogens with one attached hydrogen (secondary N) is 1. The fourth-order valence-electron chi connectivity index (χ4n) is 2.65. The Hall–Kier alpha value is -3.16. The summed E-state index contributed by atoms with van der Waals surface area (Å²) in [4.78, 5) is 14.5. The minimum Gasteiger partial charge on any atom is -0.343 e. The molecule has 3 aromatic rings. The molecule has 0 heterocycles. The normalized spacial score (nSPS) is 11.0. The van der Waals surface area contributed by atoms with Gasteiger partial charge in [-0.25, -0.2) is 13.6 Å². The highest BCUT2D eigenvalue weighted by Gasteiger charge is 2.14. The third-order valence-corrected chi connectivity index (χ3v) is 5.03. The lowest BCUT2D eigenvalue weighted by Gasteiger charge is -2.22. The second-order valence-electron chi connectivity index (χ2n) is 5.94. The highest BCUT2D eigenvalue weighted by atomic mass is 32.2. The van der Waals surface area contributed by atoms with Crippen LogP contribution in [0.5, 0.6) is 0 Å². The predicted molar refractivity (Wildman–Crippen MR) is 107 cm³/mol. The number of amides is 1. The zero-order valence-electron chi connectivity index (χ0n) is 14.7. The van der Waals surface area contributed by atoms with Gasteiger partial charge >= 0.3 is 0 Å². The molecule has 3 rings (SSSR count). The van der Waals surface area contributed by atoms with Crippen LogP contribution in [-0.2, 0) is 10.0 Å². The highest BCUT2D eigenvalue weighted by Crippen LogP contribution is 2.30. The summed E-state index contributed by atoms with van der Waals surface area (Å²) in [7, 11) is -1.87. The zero-order valence-corrected chi connectivity index (χ0v) is 15.5. The first-order valence-electron chi connectivity index (χ1n) is 8.18. The molecule has 0 fully saturated rings. The monoisotopic (exact) mass is 381 g/mol. The van der Waals surface area contributed by atoms with Gasteiger partial charge in [0, 0.05) is 18.3 Å². The van der Waals surface area contributed by atoms with Crippen molar-refractivity contribution in [1.82, 2.24) is 0 Å². The lowest BCUT2D eigenvalue weighted by atomic mass is 10.2. The van der Waals surface area contributed by atoms with Gasteiger partial charge in [-0.1, -0.05) is 30.3 Å². The van der Waals surface area contributed by atoms with Gasteiger partial charge < -0.3 is 10.2 Å². The second kappa shape index (κ2) is 7.61. The van der Waals surface area contributed by atoms with Gasteiger partial charge in [-0.05, 0) is 48.5 Å². The van der Waals surface area contributed by atoms with Crippen LogP contribution in [0.15, 0.2) is 83.8 Å². The van der Waals surface area contributed by atoms with Crippen LogP contribution in [-0.4, -0.2) is 21.4 Å². The molecular weight excluding hydrogens is 362 g/mol. The summed E-state index contributed by atoms with van der Waals surface area (Å²) in [6.07, 6.45) is 0. The van der Waals surface area contributed by atoms with E-state index in [4.69, 9.17) is 5.14 Å². The van der Waals surface area contributed by atoms with E-state index >= 15 is 0 Å². The molecule has 0 bridgehead atoms. The van der Waals surface area contributed by atoms with E-state index in [1.165, 1.54) is 24.3 Å². The number of hydrogen-bond acceptors (Lipinski definition) is 4. The summed E-state index contributed by atoms with van der Waals surface area (Å²) in [5.41, 5.74) is 2.79. The Kier molecular flexibility index (Phi) is 5.25. The number of carbonyl (C=O) groups is 1. The number of sulfonamides is 1. The molecule has 6 nitrogen and oxygen atoms in total. The van der Waals surface area contributed by atoms with Gasteiger partial charge in [-0.2, -0.15) is 0 Å². The Morgan fingerprint density at radius 2 is 1.48 bits per heavy atom. The first kappa shape index (κ1) is 18.6. The Morgan fingerprint density at radius 3 is 2.11 bits per heavy atom. The smallest absolute Gasteiger partial charge is 0.255 e. The molecule has 0 aliphatic heterocycles. The van der Waals surface area contributed by atoms with Gasteiger partial charge in [0.25, 0.3) is 5.91 Å². The Bertz CT molecular complexity index is 1050. The van der Waals surface area contributed by atoms with Crippen LogP contribution in [0.2, 0.25) is 0 Å². The number of anilines is 3. The molecule has 27 heavy (non-hydrogen) atoms. The summed E-state index contributed by atoms with van der Waals surface area (Å²) >= 11 is 0. The largest absolute Gasteiger partial charge is 0.343 e. The van der Waals surface area contributed by atoms with Crippen molar-refractivity contribution in [2.45, 2.75) is 4.90 Å². The van der Waals surface area contributed by atoms with Crippen LogP contribution >= 0.6 is 0 Å². The van der Waals surface area contributed by atoms with Gasteiger partial charge in [0.15, 0.2) is 0 Å². The number of para-hydroxylation sites is 3. The highest BCUT2D eigenvalue weighted by molar-refractivity contribution is 7.89. The van der Waals surface area contributed by atoms with Crippen molar-refractivity contribution in [3.8, 4) is 0 Å². The first-order chi connectivity index (χ1) is 12.9. The lowest BCUT2D eigenvalue weighted by molar-refractivity contribution is 0.102. The maximum Gasteiger partial charge on any atom is 0.255 e. The summed E-state index contributed by atoms with van der Waals surface area (Å²) in [6, 6.07) is 22.7. The number of nitrogens with two attached hydrogens (primary N) is 1. The number of hydrogen-bond donors (Lipinski definition) is 2. The third-order valence-electron chi connectivity index (χ3n) is 4.10. The van der Waals surface area contributed by atoms with Crippen LogP contribution in [0.4, 0.5) is 17.1 Å². The molecule has 0 aromatic heterocycles. The SMILES string of the molecule is CN(c1ccccc1)c1ccccc1NC(=O)c1ccc(S(N)(=O)=O)cc1. The fraction of sp³-hybridized carbons (Fsp3) is 0.0500. The molecular formula is C20H19N3O3S. The summed E-state index contributed by atoms with van der Waals surface area (Å²) in [6.45, 7) is 0. The molecule has 1 amide bonds. The van der Waals surface area contributed by atoms with E-state index in [1.807, 2.05) is 66.5 Å². The lowest BCUT2D eigenvalue weighted by Crippen LogP contribution is -2.17. The number of benzene rings is 3. The minimum atomic E-state index is -3.79. The van der Waals surface area contributed by atoms with Gasteiger partial charge in [-0.15, -0.1) is 0 Å². The van der Waals surface area contributed by atoms with E-state index in [2.05, 4.69) is 5.32 Å². The summed E-state index contributed by atoms with van der Waals surface area (Å²) in [5, 5.41) is 7.96. The van der Waals surface area contributed by atoms with Crippen LogP contribution in [0.25, 0.3) is 0 Å². The summed E-state index contributed by atoms with van der Waals surface area (Å²) < 4.78 is 22.7. The zero-order chi connectivity index (χ0) is 19.4. The van der Waals surface area contributed by atoms with Gasteiger partial charge in [-0.3, -0.25) is 4.79 Å². The maximum atomic E-state index is 12.6. The van der Waals surface area contributed by atoms with Crippen molar-refractivity contribution in [3.05, 3.63) is 84.4 Å². The topological polar surface area (TPSA) is 92.5 Å². The average Bonchev–Trinajstić information content (AvgIpc) is 2.68. The van der Waals surface area contributed by atoms with E-state index < -0.39 is 10.0 Å². The van der Waals surface area contributed by atoms with Gasteiger partial charge in [0.2, 0.25) is 10.0 Å². The van der Waals surface area contributed by atoms with Crippen molar-refractivity contribution in [3.63, 3.8) is 0 Å². The quantitative estimate of drug-likeness (QED) is 0.709. The van der Waals surface area contributed by atoms with Gasteiger partial charge in [0.05, 0.1) is 16.3 Å². The molecule has 0 spiro atoms. The number of primary sulfonamides is 1.